The summed E-state index contributed by atoms with van der Waals surface area (Å²) in [6, 6.07) is 42.1. The topological polar surface area (TPSA) is 26.0 Å². The van der Waals surface area contributed by atoms with Gasteiger partial charge < -0.3 is 4.42 Å². The van der Waals surface area contributed by atoms with Gasteiger partial charge in [-0.25, -0.2) is 0 Å². The first-order valence-electron chi connectivity index (χ1n) is 16.5. The Morgan fingerprint density at radius 1 is 0.556 bits per heavy atom. The number of benzene rings is 6. The minimum atomic E-state index is -0.930. The summed E-state index contributed by atoms with van der Waals surface area (Å²) >= 11 is 0. The number of pyridine rings is 1. The number of fused-ring (bicyclic) bond motifs is 6. The highest BCUT2D eigenvalue weighted by molar-refractivity contribution is 6.10. The maximum atomic E-state index is 9.34. The minimum absolute atomic E-state index is 0.792. The van der Waals surface area contributed by atoms with Crippen molar-refractivity contribution in [3.05, 3.63) is 139 Å². The van der Waals surface area contributed by atoms with Crippen LogP contribution in [0.4, 0.5) is 0 Å². The van der Waals surface area contributed by atoms with Crippen LogP contribution < -0.4 is 0 Å². The SMILES string of the molecule is [2H]C(C)(C)c1cc(-c2ccc3c(ccc4ccccc43)c2)cc(C([2H])(C)C)c1-c1ccnc(-c2cccc3c2oc2ccccc23)c1. The summed E-state index contributed by atoms with van der Waals surface area (Å²) in [6.07, 6.45) is 1.83. The van der Waals surface area contributed by atoms with Crippen LogP contribution in [0.3, 0.4) is 0 Å². The van der Waals surface area contributed by atoms with E-state index in [0.717, 1.165) is 66.6 Å². The molecule has 0 atom stereocenters. The van der Waals surface area contributed by atoms with Crippen molar-refractivity contribution in [3.8, 4) is 33.5 Å². The molecule has 0 fully saturated rings. The van der Waals surface area contributed by atoms with Crippen LogP contribution in [0.5, 0.6) is 0 Å². The molecule has 45 heavy (non-hydrogen) atoms. The Bertz CT molecular complexity index is 2460. The van der Waals surface area contributed by atoms with E-state index in [2.05, 4.69) is 84.9 Å². The van der Waals surface area contributed by atoms with Gasteiger partial charge in [0.05, 0.1) is 5.69 Å². The standard InChI is InChI=1S/C43H35NO/c1-26(2)38-23-32(29-18-19-34-30(22-29)17-16-28-10-5-6-11-33(28)34)24-39(27(3)4)42(38)31-20-21-44-40(25-31)37-14-9-13-36-35-12-7-8-15-41(35)45-43(36)37/h5-27H,1-4H3/i26D,27D. The predicted molar refractivity (Wildman–Crippen MR) is 191 cm³/mol. The monoisotopic (exact) mass is 583 g/mol. The van der Waals surface area contributed by atoms with Gasteiger partial charge in [0.2, 0.25) is 0 Å². The number of para-hydroxylation sites is 2. The molecule has 0 bridgehead atoms. The lowest BCUT2D eigenvalue weighted by Gasteiger charge is -2.23. The fraction of sp³-hybridized carbons (Fsp3) is 0.140. The van der Waals surface area contributed by atoms with E-state index in [-0.39, 0.29) is 0 Å². The maximum Gasteiger partial charge on any atom is 0.144 e. The van der Waals surface area contributed by atoms with Gasteiger partial charge in [-0.15, -0.1) is 0 Å². The van der Waals surface area contributed by atoms with E-state index in [4.69, 9.17) is 9.40 Å². The number of nitrogens with zero attached hydrogens (tertiary/aromatic N) is 1. The summed E-state index contributed by atoms with van der Waals surface area (Å²) in [5, 5.41) is 6.98. The molecule has 2 aromatic heterocycles. The van der Waals surface area contributed by atoms with E-state index in [1.165, 1.54) is 21.5 Å². The number of hydrogen-bond acceptors (Lipinski definition) is 2. The van der Waals surface area contributed by atoms with Gasteiger partial charge in [-0.05, 0) is 97.0 Å². The zero-order valence-corrected chi connectivity index (χ0v) is 26.0. The molecule has 8 aromatic rings. The van der Waals surface area contributed by atoms with E-state index in [9.17, 15) is 2.74 Å². The molecule has 0 saturated carbocycles. The van der Waals surface area contributed by atoms with Gasteiger partial charge in [0.1, 0.15) is 11.2 Å². The van der Waals surface area contributed by atoms with Crippen molar-refractivity contribution in [2.75, 3.05) is 0 Å². The third kappa shape index (κ3) is 4.60. The summed E-state index contributed by atoms with van der Waals surface area (Å²) in [5.41, 5.74) is 9.05. The first kappa shape index (κ1) is 25.2. The van der Waals surface area contributed by atoms with Gasteiger partial charge in [-0.3, -0.25) is 4.98 Å². The van der Waals surface area contributed by atoms with Crippen LogP contribution in [0.25, 0.3) is 77.0 Å². The highest BCUT2D eigenvalue weighted by Crippen LogP contribution is 2.42. The number of hydrogen-bond donors (Lipinski definition) is 0. The molecule has 218 valence electrons. The Hall–Kier alpha value is -5.21. The molecule has 0 radical (unpaired) electrons. The van der Waals surface area contributed by atoms with Crippen molar-refractivity contribution in [1.82, 2.24) is 4.98 Å². The third-order valence-electron chi connectivity index (χ3n) is 9.02. The number of aromatic nitrogens is 1. The zero-order chi connectivity index (χ0) is 32.5. The molecule has 0 aliphatic rings. The molecule has 8 rings (SSSR count). The lowest BCUT2D eigenvalue weighted by molar-refractivity contribution is 0.670. The molecular weight excluding hydrogens is 546 g/mol. The molecule has 0 amide bonds. The average Bonchev–Trinajstić information content (AvgIpc) is 3.45. The van der Waals surface area contributed by atoms with Gasteiger partial charge in [0.25, 0.3) is 0 Å². The van der Waals surface area contributed by atoms with Gasteiger partial charge >= 0.3 is 0 Å². The van der Waals surface area contributed by atoms with Gasteiger partial charge in [0.15, 0.2) is 0 Å². The molecule has 2 nitrogen and oxygen atoms in total. The summed E-state index contributed by atoms with van der Waals surface area (Å²) < 4.78 is 25.0. The average molecular weight is 584 g/mol. The largest absolute Gasteiger partial charge is 0.455 e. The van der Waals surface area contributed by atoms with Crippen molar-refractivity contribution in [1.29, 1.82) is 0 Å². The highest BCUT2D eigenvalue weighted by Gasteiger charge is 2.20. The molecule has 0 aliphatic heterocycles. The third-order valence-corrected chi connectivity index (χ3v) is 9.02. The molecule has 0 N–H and O–H groups in total. The summed E-state index contributed by atoms with van der Waals surface area (Å²) in [6.45, 7) is 7.72. The van der Waals surface area contributed by atoms with Crippen molar-refractivity contribution in [2.24, 2.45) is 0 Å². The quantitative estimate of drug-likeness (QED) is 0.188. The normalized spacial score (nSPS) is 13.1. The van der Waals surface area contributed by atoms with Gasteiger partial charge in [-0.2, -0.15) is 0 Å². The number of furan rings is 1. The highest BCUT2D eigenvalue weighted by atomic mass is 16.3. The Morgan fingerprint density at radius 2 is 1.24 bits per heavy atom. The van der Waals surface area contributed by atoms with E-state index in [0.29, 0.717) is 0 Å². The van der Waals surface area contributed by atoms with Crippen LogP contribution in [0.1, 0.15) is 53.4 Å². The lowest BCUT2D eigenvalue weighted by atomic mass is 9.82. The Kier molecular flexibility index (Phi) is 6.01. The summed E-state index contributed by atoms with van der Waals surface area (Å²) in [4.78, 5) is 4.80. The Morgan fingerprint density at radius 3 is 2.04 bits per heavy atom. The summed E-state index contributed by atoms with van der Waals surface area (Å²) in [5.74, 6) is -1.86. The first-order valence-corrected chi connectivity index (χ1v) is 15.5. The molecule has 6 aromatic carbocycles. The van der Waals surface area contributed by atoms with Crippen LogP contribution in [-0.4, -0.2) is 4.98 Å². The fourth-order valence-electron chi connectivity index (χ4n) is 6.78. The van der Waals surface area contributed by atoms with Gasteiger partial charge in [0, 0.05) is 25.3 Å². The molecule has 2 heteroatoms. The molecule has 0 unspecified atom stereocenters. The first-order chi connectivity index (χ1) is 22.6. The molecule has 0 aliphatic carbocycles. The van der Waals surface area contributed by atoms with Crippen molar-refractivity contribution < 1.29 is 7.16 Å². The van der Waals surface area contributed by atoms with Crippen molar-refractivity contribution in [3.63, 3.8) is 0 Å². The van der Waals surface area contributed by atoms with Crippen molar-refractivity contribution in [2.45, 2.75) is 39.5 Å². The molecule has 0 spiro atoms. The smallest absolute Gasteiger partial charge is 0.144 e. The fourth-order valence-corrected chi connectivity index (χ4v) is 6.78. The van der Waals surface area contributed by atoms with E-state index in [1.54, 1.807) is 0 Å². The second kappa shape index (κ2) is 10.7. The Labute approximate surface area is 266 Å². The van der Waals surface area contributed by atoms with Crippen LogP contribution in [0.2, 0.25) is 0 Å². The van der Waals surface area contributed by atoms with E-state index in [1.807, 2.05) is 70.3 Å². The molecule has 2 heterocycles. The minimum Gasteiger partial charge on any atom is -0.455 e. The molecular formula is C43H35NO. The van der Waals surface area contributed by atoms with Crippen LogP contribution in [0.15, 0.2) is 132 Å². The second-order valence-corrected chi connectivity index (χ2v) is 12.4. The predicted octanol–water partition coefficient (Wildman–Crippen LogP) is 12.5. The molecule has 0 saturated heterocycles. The van der Waals surface area contributed by atoms with Crippen LogP contribution in [-0.2, 0) is 0 Å². The Balaban J connectivity index is 1.33. The second-order valence-electron chi connectivity index (χ2n) is 12.4. The lowest BCUT2D eigenvalue weighted by Crippen LogP contribution is -2.02. The van der Waals surface area contributed by atoms with E-state index < -0.39 is 11.8 Å². The number of rotatable bonds is 5. The van der Waals surface area contributed by atoms with Crippen LogP contribution >= 0.6 is 0 Å². The van der Waals surface area contributed by atoms with Crippen LogP contribution in [0, 0.1) is 0 Å². The maximum absolute atomic E-state index is 9.34. The van der Waals surface area contributed by atoms with Gasteiger partial charge in [-0.1, -0.05) is 119 Å². The van der Waals surface area contributed by atoms with E-state index >= 15 is 0 Å². The summed E-state index contributed by atoms with van der Waals surface area (Å²) in [7, 11) is 0. The van der Waals surface area contributed by atoms with Crippen molar-refractivity contribution >= 4 is 43.5 Å². The zero-order valence-electron chi connectivity index (χ0n) is 28.0.